The third-order valence-electron chi connectivity index (χ3n) is 7.11. The van der Waals surface area contributed by atoms with Crippen molar-refractivity contribution in [2.75, 3.05) is 37.7 Å². The van der Waals surface area contributed by atoms with Gasteiger partial charge in [0.1, 0.15) is 5.75 Å². The van der Waals surface area contributed by atoms with Crippen LogP contribution in [-0.2, 0) is 16.0 Å². The van der Waals surface area contributed by atoms with E-state index in [9.17, 15) is 9.59 Å². The monoisotopic (exact) mass is 433 g/mol. The number of benzene rings is 2. The van der Waals surface area contributed by atoms with Crippen molar-refractivity contribution in [3.8, 4) is 5.75 Å². The van der Waals surface area contributed by atoms with Crippen LogP contribution in [0, 0.1) is 11.8 Å². The first-order valence-corrected chi connectivity index (χ1v) is 11.8. The highest BCUT2D eigenvalue weighted by Gasteiger charge is 2.42. The number of likely N-dealkylation sites (tertiary alicyclic amines) is 1. The summed E-state index contributed by atoms with van der Waals surface area (Å²) in [7, 11) is 0. The number of anilines is 1. The molecule has 0 spiro atoms. The van der Waals surface area contributed by atoms with Crippen molar-refractivity contribution in [1.82, 2.24) is 10.2 Å². The van der Waals surface area contributed by atoms with Crippen molar-refractivity contribution < 1.29 is 14.3 Å². The van der Waals surface area contributed by atoms with E-state index in [2.05, 4.69) is 10.2 Å². The number of carbonyl (C=O) groups excluding carboxylic acids is 2. The van der Waals surface area contributed by atoms with E-state index in [1.807, 2.05) is 59.5 Å². The number of hydrogen-bond acceptors (Lipinski definition) is 4. The molecule has 1 aliphatic carbocycles. The largest absolute Gasteiger partial charge is 0.482 e. The van der Waals surface area contributed by atoms with E-state index in [1.165, 1.54) is 12.8 Å². The predicted octanol–water partition coefficient (Wildman–Crippen LogP) is 2.87. The Hall–Kier alpha value is -2.86. The zero-order chi connectivity index (χ0) is 21.9. The van der Waals surface area contributed by atoms with Crippen LogP contribution in [0.3, 0.4) is 0 Å². The van der Waals surface area contributed by atoms with Crippen LogP contribution in [0.4, 0.5) is 5.69 Å². The van der Waals surface area contributed by atoms with Crippen LogP contribution in [0.25, 0.3) is 0 Å². The lowest BCUT2D eigenvalue weighted by Crippen LogP contribution is -2.53. The highest BCUT2D eigenvalue weighted by atomic mass is 16.5. The van der Waals surface area contributed by atoms with Gasteiger partial charge in [0, 0.05) is 25.7 Å². The highest BCUT2D eigenvalue weighted by Crippen LogP contribution is 2.37. The molecule has 2 aromatic carbocycles. The summed E-state index contributed by atoms with van der Waals surface area (Å²) in [5.74, 6) is 2.01. The topological polar surface area (TPSA) is 61.9 Å². The number of nitrogens with one attached hydrogen (secondary N) is 1. The van der Waals surface area contributed by atoms with Crippen LogP contribution in [0.5, 0.6) is 5.75 Å². The van der Waals surface area contributed by atoms with Gasteiger partial charge in [-0.3, -0.25) is 9.59 Å². The fraction of sp³-hybridized carbons (Fsp3) is 0.462. The van der Waals surface area contributed by atoms with Crippen molar-refractivity contribution in [3.05, 3.63) is 60.2 Å². The molecular formula is C26H31N3O3. The maximum Gasteiger partial charge on any atom is 0.265 e. The fourth-order valence-electron chi connectivity index (χ4n) is 5.61. The van der Waals surface area contributed by atoms with Crippen LogP contribution in [0.15, 0.2) is 54.6 Å². The van der Waals surface area contributed by atoms with Crippen molar-refractivity contribution >= 4 is 17.5 Å². The number of nitrogens with zero attached hydrogens (tertiary/aromatic N) is 2. The van der Waals surface area contributed by atoms with E-state index in [4.69, 9.17) is 4.74 Å². The lowest BCUT2D eigenvalue weighted by molar-refractivity contribution is -0.122. The van der Waals surface area contributed by atoms with E-state index in [1.54, 1.807) is 0 Å². The minimum Gasteiger partial charge on any atom is -0.482 e. The molecule has 2 aliphatic heterocycles. The molecule has 2 heterocycles. The maximum atomic E-state index is 12.6. The lowest BCUT2D eigenvalue weighted by atomic mass is 9.91. The molecule has 0 aromatic heterocycles. The van der Waals surface area contributed by atoms with Crippen molar-refractivity contribution in [1.29, 1.82) is 0 Å². The van der Waals surface area contributed by atoms with E-state index < -0.39 is 0 Å². The smallest absolute Gasteiger partial charge is 0.265 e. The first-order valence-electron chi connectivity index (χ1n) is 11.8. The second-order valence-corrected chi connectivity index (χ2v) is 9.27. The minimum atomic E-state index is 0.0311. The molecule has 1 saturated carbocycles. The normalized spacial score (nSPS) is 24.7. The summed E-state index contributed by atoms with van der Waals surface area (Å²) in [4.78, 5) is 29.4. The number of ether oxygens (including phenoxy) is 1. The molecule has 1 N–H and O–H groups in total. The van der Waals surface area contributed by atoms with Gasteiger partial charge in [-0.2, -0.15) is 0 Å². The van der Waals surface area contributed by atoms with Crippen LogP contribution >= 0.6 is 0 Å². The molecule has 1 saturated heterocycles. The number of amides is 2. The molecule has 6 nitrogen and oxygen atoms in total. The summed E-state index contributed by atoms with van der Waals surface area (Å²) in [6, 6.07) is 18.0. The van der Waals surface area contributed by atoms with Crippen molar-refractivity contribution in [2.24, 2.45) is 11.8 Å². The van der Waals surface area contributed by atoms with Crippen LogP contribution in [0.1, 0.15) is 24.8 Å². The third kappa shape index (κ3) is 4.51. The molecule has 2 amide bonds. The number of piperidine rings is 1. The SMILES string of the molecule is O=C(Cc1ccccc1)NC1C2CCC1CN(CCCN1C(=O)COc3ccccc31)C2. The van der Waals surface area contributed by atoms with Crippen LogP contribution in [0.2, 0.25) is 0 Å². The zero-order valence-electron chi connectivity index (χ0n) is 18.4. The van der Waals surface area contributed by atoms with Gasteiger partial charge in [-0.15, -0.1) is 0 Å². The molecule has 3 aliphatic rings. The van der Waals surface area contributed by atoms with Gasteiger partial charge in [0.2, 0.25) is 5.91 Å². The van der Waals surface area contributed by atoms with E-state index in [-0.39, 0.29) is 18.4 Å². The van der Waals surface area contributed by atoms with Crippen LogP contribution < -0.4 is 15.0 Å². The van der Waals surface area contributed by atoms with Crippen LogP contribution in [-0.4, -0.2) is 55.5 Å². The average Bonchev–Trinajstić information content (AvgIpc) is 3.03. The Balaban J connectivity index is 1.11. The van der Waals surface area contributed by atoms with Gasteiger partial charge in [0.15, 0.2) is 6.61 Å². The summed E-state index contributed by atoms with van der Waals surface area (Å²) < 4.78 is 5.54. The van der Waals surface area contributed by atoms with Gasteiger partial charge in [-0.05, 0) is 55.3 Å². The van der Waals surface area contributed by atoms with Gasteiger partial charge >= 0.3 is 0 Å². The van der Waals surface area contributed by atoms with Gasteiger partial charge in [-0.1, -0.05) is 42.5 Å². The van der Waals surface area contributed by atoms with Crippen molar-refractivity contribution in [2.45, 2.75) is 31.7 Å². The summed E-state index contributed by atoms with van der Waals surface area (Å²) in [5, 5.41) is 3.34. The number of carbonyl (C=O) groups is 2. The second kappa shape index (κ2) is 9.33. The fourth-order valence-corrected chi connectivity index (χ4v) is 5.61. The summed E-state index contributed by atoms with van der Waals surface area (Å²) in [6.07, 6.45) is 3.76. The van der Waals surface area contributed by atoms with Gasteiger partial charge in [0.25, 0.3) is 5.91 Å². The number of fused-ring (bicyclic) bond motifs is 3. The van der Waals surface area contributed by atoms with E-state index >= 15 is 0 Å². The number of rotatable bonds is 7. The molecule has 2 atom stereocenters. The highest BCUT2D eigenvalue weighted by molar-refractivity contribution is 5.97. The molecule has 0 radical (unpaired) electrons. The molecule has 2 bridgehead atoms. The Kier molecular flexibility index (Phi) is 6.12. The van der Waals surface area contributed by atoms with Crippen molar-refractivity contribution in [3.63, 3.8) is 0 Å². The molecule has 32 heavy (non-hydrogen) atoms. The summed E-state index contributed by atoms with van der Waals surface area (Å²) >= 11 is 0. The molecule has 5 rings (SSSR count). The molecule has 2 unspecified atom stereocenters. The standard InChI is InChI=1S/C26H31N3O3/c30-24(15-19-7-2-1-3-8-19)27-26-20-11-12-21(26)17-28(16-20)13-6-14-29-22-9-4-5-10-23(22)32-18-25(29)31/h1-5,7-10,20-21,26H,6,11-18H2,(H,27,30). The first-order chi connectivity index (χ1) is 15.7. The van der Waals surface area contributed by atoms with Gasteiger partial charge in [0.05, 0.1) is 12.1 Å². The molecular weight excluding hydrogens is 402 g/mol. The Morgan fingerprint density at radius 2 is 1.69 bits per heavy atom. The quantitative estimate of drug-likeness (QED) is 0.730. The minimum absolute atomic E-state index is 0.0311. The summed E-state index contributed by atoms with van der Waals surface area (Å²) in [6.45, 7) is 3.86. The number of para-hydroxylation sites is 2. The van der Waals surface area contributed by atoms with Gasteiger partial charge in [-0.25, -0.2) is 0 Å². The maximum absolute atomic E-state index is 12.6. The predicted molar refractivity (Wildman–Crippen MR) is 124 cm³/mol. The molecule has 2 aromatic rings. The average molecular weight is 434 g/mol. The molecule has 168 valence electrons. The Morgan fingerprint density at radius 3 is 2.47 bits per heavy atom. The third-order valence-corrected chi connectivity index (χ3v) is 7.11. The Bertz CT molecular complexity index is 950. The number of hydrogen-bond donors (Lipinski definition) is 1. The van der Waals surface area contributed by atoms with Gasteiger partial charge < -0.3 is 19.9 Å². The molecule has 2 fully saturated rings. The zero-order valence-corrected chi connectivity index (χ0v) is 18.4. The Morgan fingerprint density at radius 1 is 0.969 bits per heavy atom. The summed E-state index contributed by atoms with van der Waals surface area (Å²) in [5.41, 5.74) is 1.94. The molecule has 6 heteroatoms. The Labute approximate surface area is 189 Å². The second-order valence-electron chi connectivity index (χ2n) is 9.27. The first kappa shape index (κ1) is 21.0. The van der Waals surface area contributed by atoms with E-state index in [0.717, 1.165) is 43.1 Å². The van der Waals surface area contributed by atoms with E-state index in [0.29, 0.717) is 30.8 Å². The lowest BCUT2D eigenvalue weighted by Gasteiger charge is -2.39.